The van der Waals surface area contributed by atoms with E-state index in [-0.39, 0.29) is 30.1 Å². The number of hydrogen-bond acceptors (Lipinski definition) is 3. The molecule has 1 aromatic carbocycles. The van der Waals surface area contributed by atoms with Crippen LogP contribution in [0.4, 0.5) is 5.69 Å². The molecule has 1 N–H and O–H groups in total. The minimum atomic E-state index is -0.411. The number of nitrogens with one attached hydrogen (secondary N) is 1. The summed E-state index contributed by atoms with van der Waals surface area (Å²) in [5, 5.41) is 2.84. The topological polar surface area (TPSA) is 69.7 Å². The second kappa shape index (κ2) is 7.09. The molecule has 3 amide bonds. The number of benzene rings is 1. The van der Waals surface area contributed by atoms with E-state index in [2.05, 4.69) is 5.32 Å². The first kappa shape index (κ1) is 17.1. The van der Waals surface area contributed by atoms with Gasteiger partial charge in [-0.1, -0.05) is 18.2 Å². The minimum absolute atomic E-state index is 0.0133. The van der Waals surface area contributed by atoms with E-state index in [9.17, 15) is 14.4 Å². The van der Waals surface area contributed by atoms with Crippen molar-refractivity contribution in [1.29, 1.82) is 0 Å². The van der Waals surface area contributed by atoms with Crippen molar-refractivity contribution in [1.82, 2.24) is 9.80 Å². The van der Waals surface area contributed by atoms with Crippen LogP contribution in [0.15, 0.2) is 24.3 Å². The quantitative estimate of drug-likeness (QED) is 0.882. The van der Waals surface area contributed by atoms with Crippen LogP contribution in [0.3, 0.4) is 0 Å². The van der Waals surface area contributed by atoms with Gasteiger partial charge >= 0.3 is 0 Å². The molecule has 2 fully saturated rings. The van der Waals surface area contributed by atoms with Gasteiger partial charge in [-0.25, -0.2) is 0 Å². The lowest BCUT2D eigenvalue weighted by atomic mass is 9.88. The van der Waals surface area contributed by atoms with Crippen molar-refractivity contribution in [3.63, 3.8) is 0 Å². The molecule has 0 saturated carbocycles. The number of rotatable bonds is 2. The Morgan fingerprint density at radius 2 is 1.58 bits per heavy atom. The highest BCUT2D eigenvalue weighted by Gasteiger charge is 2.36. The highest BCUT2D eigenvalue weighted by Crippen LogP contribution is 2.34. The molecule has 1 aromatic rings. The molecule has 4 rings (SSSR count). The van der Waals surface area contributed by atoms with E-state index in [4.69, 9.17) is 0 Å². The number of fused-ring (bicyclic) bond motifs is 1. The van der Waals surface area contributed by atoms with Gasteiger partial charge in [0.2, 0.25) is 17.7 Å². The first-order valence-corrected chi connectivity index (χ1v) is 9.60. The maximum atomic E-state index is 13.0. The molecule has 3 aliphatic rings. The molecule has 6 heteroatoms. The first-order chi connectivity index (χ1) is 12.6. The van der Waals surface area contributed by atoms with E-state index < -0.39 is 5.92 Å². The van der Waals surface area contributed by atoms with Crippen molar-refractivity contribution in [2.24, 2.45) is 5.92 Å². The maximum Gasteiger partial charge on any atom is 0.230 e. The molecule has 26 heavy (non-hydrogen) atoms. The van der Waals surface area contributed by atoms with Crippen molar-refractivity contribution < 1.29 is 14.4 Å². The molecule has 1 unspecified atom stereocenters. The molecule has 0 bridgehead atoms. The van der Waals surface area contributed by atoms with Gasteiger partial charge in [0.15, 0.2) is 0 Å². The van der Waals surface area contributed by atoms with Gasteiger partial charge in [0.1, 0.15) is 0 Å². The predicted molar refractivity (Wildman–Crippen MR) is 97.5 cm³/mol. The zero-order valence-electron chi connectivity index (χ0n) is 14.9. The molecule has 0 spiro atoms. The SMILES string of the molecule is O=C1CC(C(=O)N2CCC(C(=O)N3CCCC3)CC2)c2ccccc2N1. The number of anilines is 1. The zero-order valence-corrected chi connectivity index (χ0v) is 14.9. The lowest BCUT2D eigenvalue weighted by Gasteiger charge is -2.36. The monoisotopic (exact) mass is 355 g/mol. The number of para-hydroxylation sites is 1. The Kier molecular flexibility index (Phi) is 4.66. The molecular weight excluding hydrogens is 330 g/mol. The number of hydrogen-bond donors (Lipinski definition) is 1. The van der Waals surface area contributed by atoms with Gasteiger partial charge in [-0.3, -0.25) is 14.4 Å². The molecular formula is C20H25N3O3. The van der Waals surface area contributed by atoms with E-state index in [1.165, 1.54) is 0 Å². The van der Waals surface area contributed by atoms with Gasteiger partial charge in [0.25, 0.3) is 0 Å². The number of nitrogens with zero attached hydrogens (tertiary/aromatic N) is 2. The van der Waals surface area contributed by atoms with Gasteiger partial charge < -0.3 is 15.1 Å². The molecule has 6 nitrogen and oxygen atoms in total. The van der Waals surface area contributed by atoms with Crippen LogP contribution < -0.4 is 5.32 Å². The Morgan fingerprint density at radius 1 is 0.923 bits per heavy atom. The van der Waals surface area contributed by atoms with Crippen LogP contribution >= 0.6 is 0 Å². The molecule has 138 valence electrons. The van der Waals surface area contributed by atoms with Gasteiger partial charge in [0.05, 0.1) is 5.92 Å². The summed E-state index contributed by atoms with van der Waals surface area (Å²) in [6, 6.07) is 7.52. The Balaban J connectivity index is 1.41. The largest absolute Gasteiger partial charge is 0.342 e. The van der Waals surface area contributed by atoms with E-state index in [1.807, 2.05) is 34.1 Å². The molecule has 0 aliphatic carbocycles. The Morgan fingerprint density at radius 3 is 2.31 bits per heavy atom. The second-order valence-electron chi connectivity index (χ2n) is 7.52. The Hall–Kier alpha value is -2.37. The number of piperidine rings is 1. The highest BCUT2D eigenvalue weighted by atomic mass is 16.2. The zero-order chi connectivity index (χ0) is 18.1. The van der Waals surface area contributed by atoms with Crippen LogP contribution in [0.25, 0.3) is 0 Å². The number of carbonyl (C=O) groups is 3. The van der Waals surface area contributed by atoms with Crippen LogP contribution in [0.1, 0.15) is 43.6 Å². The average Bonchev–Trinajstić information content (AvgIpc) is 3.21. The van der Waals surface area contributed by atoms with Crippen molar-refractivity contribution in [3.05, 3.63) is 29.8 Å². The van der Waals surface area contributed by atoms with Crippen molar-refractivity contribution >= 4 is 23.4 Å². The summed E-state index contributed by atoms with van der Waals surface area (Å²) in [5.74, 6) is -0.206. The van der Waals surface area contributed by atoms with E-state index in [0.29, 0.717) is 13.1 Å². The first-order valence-electron chi connectivity index (χ1n) is 9.60. The van der Waals surface area contributed by atoms with Gasteiger partial charge in [-0.05, 0) is 37.3 Å². The smallest absolute Gasteiger partial charge is 0.230 e. The van der Waals surface area contributed by atoms with Gasteiger partial charge in [-0.2, -0.15) is 0 Å². The third-order valence-corrected chi connectivity index (χ3v) is 5.87. The Bertz CT molecular complexity index is 719. The fraction of sp³-hybridized carbons (Fsp3) is 0.550. The molecule has 0 aromatic heterocycles. The molecule has 0 radical (unpaired) electrons. The fourth-order valence-corrected chi connectivity index (χ4v) is 4.39. The minimum Gasteiger partial charge on any atom is -0.342 e. The van der Waals surface area contributed by atoms with Crippen LogP contribution in [0.5, 0.6) is 0 Å². The average molecular weight is 355 g/mol. The summed E-state index contributed by atoms with van der Waals surface area (Å²) in [6.07, 6.45) is 3.85. The lowest BCUT2D eigenvalue weighted by Crippen LogP contribution is -2.46. The highest BCUT2D eigenvalue weighted by molar-refractivity contribution is 6.01. The molecule has 2 saturated heterocycles. The van der Waals surface area contributed by atoms with Crippen molar-refractivity contribution in [3.8, 4) is 0 Å². The van der Waals surface area contributed by atoms with Crippen molar-refractivity contribution in [2.45, 2.75) is 38.0 Å². The molecule has 3 heterocycles. The summed E-state index contributed by atoms with van der Waals surface area (Å²) in [7, 11) is 0. The van der Waals surface area contributed by atoms with Crippen LogP contribution in [-0.2, 0) is 14.4 Å². The summed E-state index contributed by atoms with van der Waals surface area (Å²) in [4.78, 5) is 41.4. The molecule has 3 aliphatic heterocycles. The van der Waals surface area contributed by atoms with Gasteiger partial charge in [-0.15, -0.1) is 0 Å². The van der Waals surface area contributed by atoms with E-state index >= 15 is 0 Å². The number of carbonyl (C=O) groups excluding carboxylic acids is 3. The summed E-state index contributed by atoms with van der Waals surface area (Å²) < 4.78 is 0. The van der Waals surface area contributed by atoms with E-state index in [0.717, 1.165) is 50.0 Å². The van der Waals surface area contributed by atoms with Crippen LogP contribution in [-0.4, -0.2) is 53.7 Å². The third kappa shape index (κ3) is 3.20. The van der Waals surface area contributed by atoms with Crippen molar-refractivity contribution in [2.75, 3.05) is 31.5 Å². The Labute approximate surface area is 153 Å². The molecule has 1 atom stereocenters. The number of likely N-dealkylation sites (tertiary alicyclic amines) is 2. The summed E-state index contributed by atoms with van der Waals surface area (Å²) in [5.41, 5.74) is 1.63. The van der Waals surface area contributed by atoms with E-state index in [1.54, 1.807) is 0 Å². The maximum absolute atomic E-state index is 13.0. The normalized spacial score (nSPS) is 23.5. The third-order valence-electron chi connectivity index (χ3n) is 5.87. The lowest BCUT2D eigenvalue weighted by molar-refractivity contribution is -0.141. The standard InChI is InChI=1S/C20H25N3O3/c24-18-13-16(15-5-1-2-6-17(15)21-18)20(26)23-11-7-14(8-12-23)19(25)22-9-3-4-10-22/h1-2,5-6,14,16H,3-4,7-13H2,(H,21,24). The van der Waals surface area contributed by atoms with Crippen LogP contribution in [0, 0.1) is 5.92 Å². The number of amides is 3. The summed E-state index contributed by atoms with van der Waals surface area (Å²) >= 11 is 0. The second-order valence-corrected chi connectivity index (χ2v) is 7.52. The predicted octanol–water partition coefficient (Wildman–Crippen LogP) is 1.97. The summed E-state index contributed by atoms with van der Waals surface area (Å²) in [6.45, 7) is 2.96. The van der Waals surface area contributed by atoms with Gasteiger partial charge in [0, 0.05) is 44.2 Å². The fourth-order valence-electron chi connectivity index (χ4n) is 4.39. The van der Waals surface area contributed by atoms with Crippen LogP contribution in [0.2, 0.25) is 0 Å².